The molecule has 7 heavy (non-hydrogen) atoms. The molecule has 0 aromatic carbocycles. The van der Waals surface area contributed by atoms with Crippen LogP contribution < -0.4 is 0 Å². The maximum atomic E-state index is 9.60. The van der Waals surface area contributed by atoms with Crippen LogP contribution in [0.1, 0.15) is 20.8 Å². The normalized spacial score (nSPS) is 10.7. The van der Waals surface area contributed by atoms with Crippen LogP contribution in [-0.4, -0.2) is 12.1 Å². The molecule has 0 aromatic rings. The van der Waals surface area contributed by atoms with Gasteiger partial charge in [0, 0.05) is 0 Å². The summed E-state index contributed by atoms with van der Waals surface area (Å²) in [7, 11) is 0. The number of hydrogen-bond acceptors (Lipinski definition) is 2. The van der Waals surface area contributed by atoms with Crippen LogP contribution >= 0.6 is 0 Å². The molecule has 0 aliphatic heterocycles. The van der Waals surface area contributed by atoms with E-state index in [1.165, 1.54) is 0 Å². The van der Waals surface area contributed by atoms with Gasteiger partial charge >= 0.3 is 0 Å². The molecule has 0 aliphatic rings. The third-order valence-corrected chi connectivity index (χ3v) is 0.402. The highest BCUT2D eigenvalue weighted by molar-refractivity contribution is 5.37. The minimum Gasteiger partial charge on any atom is -0.462 e. The van der Waals surface area contributed by atoms with Gasteiger partial charge in [-0.25, -0.2) is 0 Å². The highest BCUT2D eigenvalue weighted by atomic mass is 16.7. The first-order valence-corrected chi connectivity index (χ1v) is 2.18. The van der Waals surface area contributed by atoms with E-state index in [0.29, 0.717) is 6.47 Å². The van der Waals surface area contributed by atoms with E-state index >= 15 is 0 Å². The fourth-order valence-corrected chi connectivity index (χ4v) is 0.144. The van der Waals surface area contributed by atoms with Crippen molar-refractivity contribution in [3.8, 4) is 0 Å². The molecule has 0 atom stereocenters. The van der Waals surface area contributed by atoms with E-state index in [4.69, 9.17) is 0 Å². The number of carbonyl (C=O) groups is 1. The largest absolute Gasteiger partial charge is 0.462 e. The van der Waals surface area contributed by atoms with Crippen LogP contribution in [0.25, 0.3) is 0 Å². The number of carbonyl (C=O) groups excluding carboxylic acids is 1. The van der Waals surface area contributed by atoms with Crippen molar-refractivity contribution in [3.05, 3.63) is 0 Å². The smallest absolute Gasteiger partial charge is 0.293 e. The van der Waals surface area contributed by atoms with E-state index in [0.717, 1.165) is 0 Å². The van der Waals surface area contributed by atoms with Gasteiger partial charge in [-0.3, -0.25) is 4.79 Å². The van der Waals surface area contributed by atoms with Crippen molar-refractivity contribution in [2.24, 2.45) is 0 Å². The van der Waals surface area contributed by atoms with Gasteiger partial charge in [0.25, 0.3) is 6.47 Å². The molecule has 0 N–H and O–H groups in total. The van der Waals surface area contributed by atoms with Crippen LogP contribution in [0.15, 0.2) is 0 Å². The van der Waals surface area contributed by atoms with Gasteiger partial charge in [0.1, 0.15) is 5.60 Å². The van der Waals surface area contributed by atoms with Gasteiger partial charge in [0.2, 0.25) is 0 Å². The Balaban J connectivity index is 3.34. The third-order valence-electron chi connectivity index (χ3n) is 0.402. The average molecular weight is 104 g/mol. The van der Waals surface area contributed by atoms with Gasteiger partial charge in [0.15, 0.2) is 0 Å². The lowest BCUT2D eigenvalue weighted by molar-refractivity contribution is -0.138. The van der Waals surface area contributed by atoms with Crippen molar-refractivity contribution in [1.82, 2.24) is 0 Å². The summed E-state index contributed by atoms with van der Waals surface area (Å²) in [6.45, 7) is 5.92. The molecule has 0 bridgehead atoms. The lowest BCUT2D eigenvalue weighted by atomic mass is 10.2. The standard InChI is InChI=1S/C5H10O2/c1-5(2,3)7-4-6/h4H,1-3H3/i4+2. The molecule has 2 heteroatoms. The van der Waals surface area contributed by atoms with E-state index in [9.17, 15) is 4.79 Å². The van der Waals surface area contributed by atoms with Crippen LogP contribution in [0.5, 0.6) is 0 Å². The van der Waals surface area contributed by atoms with Gasteiger partial charge < -0.3 is 4.74 Å². The minimum absolute atomic E-state index is 0.318. The Bertz CT molecular complexity index is 61.0. The van der Waals surface area contributed by atoms with Crippen molar-refractivity contribution < 1.29 is 9.53 Å². The quantitative estimate of drug-likeness (QED) is 0.463. The summed E-state index contributed by atoms with van der Waals surface area (Å²) in [5.74, 6) is 0. The topological polar surface area (TPSA) is 26.3 Å². The summed E-state index contributed by atoms with van der Waals surface area (Å²) in [6.07, 6.45) is 0. The van der Waals surface area contributed by atoms with E-state index in [1.807, 2.05) is 20.8 Å². The molecule has 0 amide bonds. The van der Waals surface area contributed by atoms with E-state index in [2.05, 4.69) is 4.74 Å². The zero-order valence-corrected chi connectivity index (χ0v) is 4.89. The highest BCUT2D eigenvalue weighted by Crippen LogP contribution is 2.02. The molecule has 0 rings (SSSR count). The molecule has 0 saturated heterocycles. The van der Waals surface area contributed by atoms with E-state index < -0.39 is 0 Å². The molecule has 0 fully saturated rings. The summed E-state index contributed by atoms with van der Waals surface area (Å²) < 4.78 is 4.55. The van der Waals surface area contributed by atoms with Crippen molar-refractivity contribution in [3.63, 3.8) is 0 Å². The number of ether oxygens (including phenoxy) is 1. The zero-order chi connectivity index (χ0) is 5.91. The predicted molar refractivity (Wildman–Crippen MR) is 26.9 cm³/mol. The Morgan fingerprint density at radius 3 is 1.86 bits per heavy atom. The van der Waals surface area contributed by atoms with Gasteiger partial charge in [-0.2, -0.15) is 0 Å². The first-order valence-electron chi connectivity index (χ1n) is 2.18. The fraction of sp³-hybridized carbons (Fsp3) is 0.800. The minimum atomic E-state index is -0.318. The van der Waals surface area contributed by atoms with Gasteiger partial charge in [-0.05, 0) is 20.8 Å². The molecule has 0 saturated carbocycles. The molecule has 42 valence electrons. The molecule has 2 nitrogen and oxygen atoms in total. The number of hydrogen-bond donors (Lipinski definition) is 0. The summed E-state index contributed by atoms with van der Waals surface area (Å²) >= 11 is 0. The monoisotopic (exact) mass is 104 g/mol. The average Bonchev–Trinajstić information content (AvgIpc) is 1.30. The van der Waals surface area contributed by atoms with Crippen molar-refractivity contribution in [1.29, 1.82) is 0 Å². The van der Waals surface area contributed by atoms with Crippen molar-refractivity contribution in [2.45, 2.75) is 26.4 Å². The van der Waals surface area contributed by atoms with Gasteiger partial charge in [-0.1, -0.05) is 0 Å². The Labute approximate surface area is 43.5 Å². The Morgan fingerprint density at radius 2 is 1.86 bits per heavy atom. The SMILES string of the molecule is CC(C)(C)O[14CH]=O. The molecule has 0 spiro atoms. The molecule has 0 radical (unpaired) electrons. The molecule has 0 aromatic heterocycles. The third kappa shape index (κ3) is 5.47. The lowest BCUT2D eigenvalue weighted by Gasteiger charge is -2.14. The second kappa shape index (κ2) is 1.96. The Morgan fingerprint density at radius 1 is 1.43 bits per heavy atom. The van der Waals surface area contributed by atoms with Crippen molar-refractivity contribution in [2.75, 3.05) is 0 Å². The summed E-state index contributed by atoms with van der Waals surface area (Å²) in [6, 6.07) is 0. The highest BCUT2D eigenvalue weighted by Gasteiger charge is 2.07. The second-order valence-corrected chi connectivity index (χ2v) is 2.33. The zero-order valence-electron chi connectivity index (χ0n) is 4.89. The Kier molecular flexibility index (Phi) is 1.81. The van der Waals surface area contributed by atoms with E-state index in [-0.39, 0.29) is 5.60 Å². The first kappa shape index (κ1) is 6.47. The first-order chi connectivity index (χ1) is 3.06. The summed E-state index contributed by atoms with van der Waals surface area (Å²) in [5.41, 5.74) is -0.318. The predicted octanol–water partition coefficient (Wildman–Crippen LogP) is 0.958. The van der Waals surface area contributed by atoms with Crippen LogP contribution in [-0.2, 0) is 9.53 Å². The summed E-state index contributed by atoms with van der Waals surface area (Å²) in [4.78, 5) is 9.60. The molecule has 0 heterocycles. The van der Waals surface area contributed by atoms with Crippen LogP contribution in [0.2, 0.25) is 0 Å². The van der Waals surface area contributed by atoms with Crippen LogP contribution in [0.3, 0.4) is 0 Å². The summed E-state index contributed by atoms with van der Waals surface area (Å²) in [5, 5.41) is 0. The molecular weight excluding hydrogens is 94.0 g/mol. The second-order valence-electron chi connectivity index (χ2n) is 2.33. The molecule has 0 aliphatic carbocycles. The van der Waals surface area contributed by atoms with Crippen molar-refractivity contribution >= 4 is 6.47 Å². The number of rotatable bonds is 1. The maximum absolute atomic E-state index is 9.60. The maximum Gasteiger partial charge on any atom is 0.293 e. The molecular formula is C5H10O2. The van der Waals surface area contributed by atoms with Gasteiger partial charge in [0.05, 0.1) is 0 Å². The van der Waals surface area contributed by atoms with E-state index in [1.54, 1.807) is 0 Å². The van der Waals surface area contributed by atoms with Gasteiger partial charge in [-0.15, -0.1) is 0 Å². The molecule has 0 unspecified atom stereocenters. The lowest BCUT2D eigenvalue weighted by Crippen LogP contribution is -2.17. The van der Waals surface area contributed by atoms with Crippen LogP contribution in [0, 0.1) is 0 Å². The Hall–Kier alpha value is -0.530. The van der Waals surface area contributed by atoms with Crippen LogP contribution in [0.4, 0.5) is 0 Å². The fourth-order valence-electron chi connectivity index (χ4n) is 0.144.